The van der Waals surface area contributed by atoms with Crippen LogP contribution >= 0.6 is 0 Å². The van der Waals surface area contributed by atoms with E-state index in [4.69, 9.17) is 0 Å². The average Bonchev–Trinajstić information content (AvgIpc) is 2.79. The van der Waals surface area contributed by atoms with Crippen molar-refractivity contribution >= 4 is 5.97 Å². The van der Waals surface area contributed by atoms with Crippen molar-refractivity contribution in [1.82, 2.24) is 0 Å². The summed E-state index contributed by atoms with van der Waals surface area (Å²) in [5.41, 5.74) is -0.278. The number of alkyl halides is 2. The van der Waals surface area contributed by atoms with Crippen LogP contribution in [0, 0.1) is 0 Å². The third-order valence-corrected chi connectivity index (χ3v) is 3.58. The second-order valence-corrected chi connectivity index (χ2v) is 4.52. The first kappa shape index (κ1) is 12.0. The van der Waals surface area contributed by atoms with E-state index in [0.717, 1.165) is 12.8 Å². The number of hydrogen-bond acceptors (Lipinski definition) is 1. The number of rotatable bonds is 3. The average molecular weight is 240 g/mol. The van der Waals surface area contributed by atoms with Gasteiger partial charge in [-0.2, -0.15) is 0 Å². The smallest absolute Gasteiger partial charge is 0.314 e. The number of benzene rings is 1. The Morgan fingerprint density at radius 1 is 1.18 bits per heavy atom. The first-order valence-corrected chi connectivity index (χ1v) is 5.68. The van der Waals surface area contributed by atoms with E-state index < -0.39 is 17.8 Å². The van der Waals surface area contributed by atoms with E-state index in [9.17, 15) is 18.7 Å². The highest BCUT2D eigenvalue weighted by Gasteiger charge is 2.42. The molecule has 17 heavy (non-hydrogen) atoms. The Balaban J connectivity index is 2.35. The second kappa shape index (κ2) is 4.43. The van der Waals surface area contributed by atoms with E-state index in [0.29, 0.717) is 18.4 Å². The van der Waals surface area contributed by atoms with E-state index in [-0.39, 0.29) is 5.56 Å². The summed E-state index contributed by atoms with van der Waals surface area (Å²) in [4.78, 5) is 11.4. The van der Waals surface area contributed by atoms with Gasteiger partial charge in [0.15, 0.2) is 0 Å². The minimum Gasteiger partial charge on any atom is -0.481 e. The summed E-state index contributed by atoms with van der Waals surface area (Å²) in [7, 11) is 0. The van der Waals surface area contributed by atoms with E-state index in [1.54, 1.807) is 0 Å². The maximum Gasteiger partial charge on any atom is 0.314 e. The molecule has 1 aliphatic carbocycles. The monoisotopic (exact) mass is 240 g/mol. The van der Waals surface area contributed by atoms with Gasteiger partial charge in [-0.25, -0.2) is 8.78 Å². The number of carbonyl (C=O) groups is 1. The SMILES string of the molecule is O=C(O)C1(c2ccc(C(F)F)cc2)CCCC1. The molecule has 92 valence electrons. The molecule has 0 unspecified atom stereocenters. The molecule has 0 aliphatic heterocycles. The zero-order valence-electron chi connectivity index (χ0n) is 9.33. The van der Waals surface area contributed by atoms with Crippen molar-refractivity contribution in [3.05, 3.63) is 35.4 Å². The van der Waals surface area contributed by atoms with Gasteiger partial charge in [0.05, 0.1) is 5.41 Å². The van der Waals surface area contributed by atoms with Crippen LogP contribution in [0.2, 0.25) is 0 Å². The number of aliphatic carboxylic acids is 1. The lowest BCUT2D eigenvalue weighted by molar-refractivity contribution is -0.143. The molecule has 0 bridgehead atoms. The molecule has 1 aliphatic rings. The molecule has 0 atom stereocenters. The van der Waals surface area contributed by atoms with Crippen LogP contribution in [-0.4, -0.2) is 11.1 Å². The van der Waals surface area contributed by atoms with Gasteiger partial charge in [-0.15, -0.1) is 0 Å². The third-order valence-electron chi connectivity index (χ3n) is 3.58. The van der Waals surface area contributed by atoms with Crippen LogP contribution in [0.4, 0.5) is 8.78 Å². The summed E-state index contributed by atoms with van der Waals surface area (Å²) in [6, 6.07) is 5.70. The largest absolute Gasteiger partial charge is 0.481 e. The highest BCUT2D eigenvalue weighted by molar-refractivity contribution is 5.81. The molecule has 1 N–H and O–H groups in total. The predicted octanol–water partition coefficient (Wildman–Crippen LogP) is 3.52. The van der Waals surface area contributed by atoms with Gasteiger partial charge in [-0.1, -0.05) is 37.1 Å². The summed E-state index contributed by atoms with van der Waals surface area (Å²) >= 11 is 0. The maximum atomic E-state index is 12.4. The Labute approximate surface area is 98.3 Å². The second-order valence-electron chi connectivity index (χ2n) is 4.52. The Bertz CT molecular complexity index is 406. The van der Waals surface area contributed by atoms with E-state index in [2.05, 4.69) is 0 Å². The minimum atomic E-state index is -2.51. The summed E-state index contributed by atoms with van der Waals surface area (Å²) in [6.45, 7) is 0. The Hall–Kier alpha value is -1.45. The molecule has 0 radical (unpaired) electrons. The van der Waals surface area contributed by atoms with E-state index in [1.807, 2.05) is 0 Å². The predicted molar refractivity (Wildman–Crippen MR) is 59.2 cm³/mol. The molecule has 0 aromatic heterocycles. The molecule has 0 amide bonds. The minimum absolute atomic E-state index is 0.0627. The van der Waals surface area contributed by atoms with Crippen LogP contribution in [0.3, 0.4) is 0 Å². The molecule has 1 aromatic carbocycles. The summed E-state index contributed by atoms with van der Waals surface area (Å²) in [6.07, 6.45) is 0.437. The fourth-order valence-electron chi connectivity index (χ4n) is 2.55. The van der Waals surface area contributed by atoms with E-state index >= 15 is 0 Å². The van der Waals surface area contributed by atoms with Crippen LogP contribution in [0.25, 0.3) is 0 Å². The van der Waals surface area contributed by atoms with Crippen molar-refractivity contribution in [2.75, 3.05) is 0 Å². The highest BCUT2D eigenvalue weighted by Crippen LogP contribution is 2.41. The molecular weight excluding hydrogens is 226 g/mol. The van der Waals surface area contributed by atoms with Crippen LogP contribution in [0.5, 0.6) is 0 Å². The molecule has 1 fully saturated rings. The van der Waals surface area contributed by atoms with Gasteiger partial charge in [-0.05, 0) is 18.4 Å². The van der Waals surface area contributed by atoms with Crippen molar-refractivity contribution in [1.29, 1.82) is 0 Å². The molecule has 0 spiro atoms. The molecule has 1 saturated carbocycles. The van der Waals surface area contributed by atoms with Crippen molar-refractivity contribution in [3.8, 4) is 0 Å². The van der Waals surface area contributed by atoms with Gasteiger partial charge in [-0.3, -0.25) is 4.79 Å². The molecule has 2 rings (SSSR count). The van der Waals surface area contributed by atoms with Gasteiger partial charge in [0, 0.05) is 5.56 Å². The quantitative estimate of drug-likeness (QED) is 0.877. The summed E-state index contributed by atoms with van der Waals surface area (Å²) in [5.74, 6) is -0.847. The van der Waals surface area contributed by atoms with Crippen molar-refractivity contribution in [2.45, 2.75) is 37.5 Å². The lowest BCUT2D eigenvalue weighted by Crippen LogP contribution is -2.32. The highest BCUT2D eigenvalue weighted by atomic mass is 19.3. The van der Waals surface area contributed by atoms with Gasteiger partial charge >= 0.3 is 5.97 Å². The van der Waals surface area contributed by atoms with Gasteiger partial charge in [0.1, 0.15) is 0 Å². The Morgan fingerprint density at radius 3 is 2.12 bits per heavy atom. The molecule has 1 aromatic rings. The first-order valence-electron chi connectivity index (χ1n) is 5.68. The summed E-state index contributed by atoms with van der Waals surface area (Å²) < 4.78 is 24.8. The van der Waals surface area contributed by atoms with Crippen LogP contribution in [-0.2, 0) is 10.2 Å². The summed E-state index contributed by atoms with van der Waals surface area (Å²) in [5, 5.41) is 9.35. The Kier molecular flexibility index (Phi) is 3.13. The van der Waals surface area contributed by atoms with Crippen molar-refractivity contribution in [3.63, 3.8) is 0 Å². The Morgan fingerprint density at radius 2 is 1.71 bits per heavy atom. The number of halogens is 2. The van der Waals surface area contributed by atoms with Crippen LogP contribution in [0.15, 0.2) is 24.3 Å². The zero-order valence-corrected chi connectivity index (χ0v) is 9.33. The lowest BCUT2D eigenvalue weighted by Gasteiger charge is -2.24. The number of carboxylic acid groups (broad SMARTS) is 1. The normalized spacial score (nSPS) is 18.5. The van der Waals surface area contributed by atoms with Gasteiger partial charge in [0.2, 0.25) is 0 Å². The van der Waals surface area contributed by atoms with Crippen LogP contribution < -0.4 is 0 Å². The zero-order chi connectivity index (χ0) is 12.5. The lowest BCUT2D eigenvalue weighted by atomic mass is 9.79. The number of hydrogen-bond donors (Lipinski definition) is 1. The van der Waals surface area contributed by atoms with Crippen molar-refractivity contribution < 1.29 is 18.7 Å². The molecule has 0 heterocycles. The van der Waals surface area contributed by atoms with Gasteiger partial charge < -0.3 is 5.11 Å². The topological polar surface area (TPSA) is 37.3 Å². The first-order chi connectivity index (χ1) is 8.06. The molecule has 2 nitrogen and oxygen atoms in total. The molecular formula is C13H14F2O2. The fraction of sp³-hybridized carbons (Fsp3) is 0.462. The molecule has 4 heteroatoms. The van der Waals surface area contributed by atoms with Crippen molar-refractivity contribution in [2.24, 2.45) is 0 Å². The van der Waals surface area contributed by atoms with Gasteiger partial charge in [0.25, 0.3) is 6.43 Å². The third kappa shape index (κ3) is 2.04. The number of carboxylic acids is 1. The molecule has 0 saturated heterocycles. The fourth-order valence-corrected chi connectivity index (χ4v) is 2.55. The standard InChI is InChI=1S/C13H14F2O2/c14-11(15)9-3-5-10(6-4-9)13(12(16)17)7-1-2-8-13/h3-6,11H,1-2,7-8H2,(H,16,17). The van der Waals surface area contributed by atoms with E-state index in [1.165, 1.54) is 24.3 Å². The maximum absolute atomic E-state index is 12.4. The van der Waals surface area contributed by atoms with Crippen LogP contribution in [0.1, 0.15) is 43.2 Å².